The van der Waals surface area contributed by atoms with Gasteiger partial charge in [-0.05, 0) is 31.2 Å². The van der Waals surface area contributed by atoms with Gasteiger partial charge in [-0.15, -0.1) is 0 Å². The second-order valence-electron chi connectivity index (χ2n) is 5.18. The maximum absolute atomic E-state index is 12.5. The number of rotatable bonds is 2. The Morgan fingerprint density at radius 2 is 2.29 bits per heavy atom. The molecule has 1 aromatic carbocycles. The van der Waals surface area contributed by atoms with Gasteiger partial charge in [0.2, 0.25) is 0 Å². The third kappa shape index (κ3) is 2.94. The molecule has 1 N–H and O–H groups in total. The molecule has 110 valence electrons. The smallest absolute Gasteiger partial charge is 0.274 e. The van der Waals surface area contributed by atoms with Crippen LogP contribution in [0.5, 0.6) is 0 Å². The second-order valence-corrected chi connectivity index (χ2v) is 5.61. The van der Waals surface area contributed by atoms with Gasteiger partial charge in [-0.25, -0.2) is 4.68 Å². The minimum Gasteiger partial charge on any atom is -0.332 e. The molecule has 1 atom stereocenters. The summed E-state index contributed by atoms with van der Waals surface area (Å²) in [5.41, 5.74) is 1.30. The van der Waals surface area contributed by atoms with Crippen molar-refractivity contribution in [1.29, 1.82) is 0 Å². The Bertz CT molecular complexity index is 655. The minimum atomic E-state index is -0.0234. The van der Waals surface area contributed by atoms with Crippen molar-refractivity contribution in [2.45, 2.75) is 13.0 Å². The maximum Gasteiger partial charge on any atom is 0.274 e. The van der Waals surface area contributed by atoms with Gasteiger partial charge >= 0.3 is 0 Å². The molecule has 21 heavy (non-hydrogen) atoms. The third-order valence-corrected chi connectivity index (χ3v) is 3.88. The Morgan fingerprint density at radius 3 is 3.05 bits per heavy atom. The van der Waals surface area contributed by atoms with Crippen molar-refractivity contribution in [2.75, 3.05) is 19.6 Å². The number of benzene rings is 1. The molecule has 0 bridgehead atoms. The molecule has 1 saturated heterocycles. The lowest BCUT2D eigenvalue weighted by atomic mass is 10.2. The standard InChI is InChI=1S/C15H17ClN4O/c1-11-10-17-6-8-19(11)15(21)14-5-7-20(18-14)13-4-2-3-12(16)9-13/h2-5,7,9,11,17H,6,8,10H2,1H3/t11-/m0/s1. The largest absolute Gasteiger partial charge is 0.332 e. The van der Waals surface area contributed by atoms with Crippen LogP contribution in [0.4, 0.5) is 0 Å². The summed E-state index contributed by atoms with van der Waals surface area (Å²) in [7, 11) is 0. The number of carbonyl (C=O) groups excluding carboxylic acids is 1. The first-order valence-electron chi connectivity index (χ1n) is 6.98. The van der Waals surface area contributed by atoms with Crippen LogP contribution in [0, 0.1) is 0 Å². The summed E-state index contributed by atoms with van der Waals surface area (Å²) < 4.78 is 1.67. The van der Waals surface area contributed by atoms with E-state index < -0.39 is 0 Å². The van der Waals surface area contributed by atoms with E-state index in [1.165, 1.54) is 0 Å². The quantitative estimate of drug-likeness (QED) is 0.923. The van der Waals surface area contributed by atoms with Crippen LogP contribution in [0.25, 0.3) is 5.69 Å². The first-order chi connectivity index (χ1) is 10.1. The van der Waals surface area contributed by atoms with Crippen molar-refractivity contribution in [3.05, 3.63) is 47.2 Å². The van der Waals surface area contributed by atoms with Crippen molar-refractivity contribution >= 4 is 17.5 Å². The van der Waals surface area contributed by atoms with E-state index in [4.69, 9.17) is 11.6 Å². The SMILES string of the molecule is C[C@H]1CNCCN1C(=O)c1ccn(-c2cccc(Cl)c2)n1. The zero-order valence-corrected chi connectivity index (χ0v) is 12.5. The fourth-order valence-corrected chi connectivity index (χ4v) is 2.67. The van der Waals surface area contributed by atoms with Crippen LogP contribution in [0.1, 0.15) is 17.4 Å². The predicted octanol–water partition coefficient (Wildman–Crippen LogP) is 1.96. The molecular formula is C15H17ClN4O. The number of aromatic nitrogens is 2. The normalized spacial score (nSPS) is 18.8. The average molecular weight is 305 g/mol. The van der Waals surface area contributed by atoms with E-state index in [0.29, 0.717) is 17.3 Å². The molecule has 0 radical (unpaired) electrons. The molecular weight excluding hydrogens is 288 g/mol. The molecule has 0 spiro atoms. The Balaban J connectivity index is 1.83. The van der Waals surface area contributed by atoms with E-state index in [9.17, 15) is 4.79 Å². The van der Waals surface area contributed by atoms with Gasteiger partial charge in [0, 0.05) is 36.9 Å². The van der Waals surface area contributed by atoms with Crippen molar-refractivity contribution < 1.29 is 4.79 Å². The Labute approximate surface area is 128 Å². The molecule has 1 aromatic heterocycles. The van der Waals surface area contributed by atoms with Crippen LogP contribution in [-0.4, -0.2) is 46.3 Å². The van der Waals surface area contributed by atoms with Gasteiger partial charge in [-0.1, -0.05) is 17.7 Å². The molecule has 5 nitrogen and oxygen atoms in total. The van der Waals surface area contributed by atoms with E-state index in [1.807, 2.05) is 36.1 Å². The number of nitrogens with one attached hydrogen (secondary N) is 1. The van der Waals surface area contributed by atoms with Crippen molar-refractivity contribution in [3.63, 3.8) is 0 Å². The highest BCUT2D eigenvalue weighted by Gasteiger charge is 2.25. The molecule has 1 aliphatic rings. The van der Waals surface area contributed by atoms with Crippen molar-refractivity contribution in [1.82, 2.24) is 20.0 Å². The fraction of sp³-hybridized carbons (Fsp3) is 0.333. The topological polar surface area (TPSA) is 50.2 Å². The van der Waals surface area contributed by atoms with Crippen LogP contribution in [0.2, 0.25) is 5.02 Å². The molecule has 3 rings (SSSR count). The van der Waals surface area contributed by atoms with Crippen LogP contribution < -0.4 is 5.32 Å². The monoisotopic (exact) mass is 304 g/mol. The number of carbonyl (C=O) groups is 1. The lowest BCUT2D eigenvalue weighted by molar-refractivity contribution is 0.0649. The molecule has 2 aromatic rings. The average Bonchev–Trinajstić information content (AvgIpc) is 2.97. The Hall–Kier alpha value is -1.85. The third-order valence-electron chi connectivity index (χ3n) is 3.64. The van der Waals surface area contributed by atoms with E-state index >= 15 is 0 Å². The first kappa shape index (κ1) is 14.1. The zero-order chi connectivity index (χ0) is 14.8. The lowest BCUT2D eigenvalue weighted by Gasteiger charge is -2.33. The summed E-state index contributed by atoms with van der Waals surface area (Å²) in [4.78, 5) is 14.4. The van der Waals surface area contributed by atoms with E-state index in [2.05, 4.69) is 10.4 Å². The van der Waals surface area contributed by atoms with Crippen LogP contribution in [0.3, 0.4) is 0 Å². The predicted molar refractivity (Wildman–Crippen MR) is 81.9 cm³/mol. The summed E-state index contributed by atoms with van der Waals surface area (Å²) >= 11 is 5.98. The van der Waals surface area contributed by atoms with Gasteiger partial charge in [-0.3, -0.25) is 4.79 Å². The van der Waals surface area contributed by atoms with E-state index in [-0.39, 0.29) is 11.9 Å². The summed E-state index contributed by atoms with van der Waals surface area (Å²) in [6, 6.07) is 9.32. The first-order valence-corrected chi connectivity index (χ1v) is 7.36. The number of hydrogen-bond acceptors (Lipinski definition) is 3. The van der Waals surface area contributed by atoms with Gasteiger partial charge < -0.3 is 10.2 Å². The van der Waals surface area contributed by atoms with Gasteiger partial charge in [0.1, 0.15) is 0 Å². The van der Waals surface area contributed by atoms with Crippen LogP contribution >= 0.6 is 11.6 Å². The Morgan fingerprint density at radius 1 is 1.43 bits per heavy atom. The van der Waals surface area contributed by atoms with Crippen molar-refractivity contribution in [2.24, 2.45) is 0 Å². The second kappa shape index (κ2) is 5.87. The number of piperazine rings is 1. The van der Waals surface area contributed by atoms with Gasteiger partial charge in [0.25, 0.3) is 5.91 Å². The highest BCUT2D eigenvalue weighted by molar-refractivity contribution is 6.30. The summed E-state index contributed by atoms with van der Waals surface area (Å²) in [5, 5.41) is 8.30. The summed E-state index contributed by atoms with van der Waals surface area (Å²) in [6.45, 7) is 4.40. The summed E-state index contributed by atoms with van der Waals surface area (Å²) in [5.74, 6) is -0.0234. The number of hydrogen-bond donors (Lipinski definition) is 1. The number of halogens is 1. The molecule has 1 fully saturated rings. The number of amides is 1. The molecule has 1 aliphatic heterocycles. The number of nitrogens with zero attached hydrogens (tertiary/aromatic N) is 3. The molecule has 1 amide bonds. The lowest BCUT2D eigenvalue weighted by Crippen LogP contribution is -2.52. The highest BCUT2D eigenvalue weighted by atomic mass is 35.5. The molecule has 0 unspecified atom stereocenters. The van der Waals surface area contributed by atoms with Crippen molar-refractivity contribution in [3.8, 4) is 5.69 Å². The van der Waals surface area contributed by atoms with E-state index in [1.54, 1.807) is 16.9 Å². The molecule has 2 heterocycles. The highest BCUT2D eigenvalue weighted by Crippen LogP contribution is 2.15. The molecule has 0 saturated carbocycles. The van der Waals surface area contributed by atoms with Crippen LogP contribution in [-0.2, 0) is 0 Å². The fourth-order valence-electron chi connectivity index (χ4n) is 2.49. The van der Waals surface area contributed by atoms with Gasteiger partial charge in [0.05, 0.1) is 5.69 Å². The minimum absolute atomic E-state index is 0.0234. The van der Waals surface area contributed by atoms with Crippen LogP contribution in [0.15, 0.2) is 36.5 Å². The zero-order valence-electron chi connectivity index (χ0n) is 11.8. The Kier molecular flexibility index (Phi) is 3.94. The van der Waals surface area contributed by atoms with Gasteiger partial charge in [-0.2, -0.15) is 5.10 Å². The molecule has 0 aliphatic carbocycles. The summed E-state index contributed by atoms with van der Waals surface area (Å²) in [6.07, 6.45) is 1.78. The van der Waals surface area contributed by atoms with Gasteiger partial charge in [0.15, 0.2) is 5.69 Å². The molecule has 6 heteroatoms. The van der Waals surface area contributed by atoms with E-state index in [0.717, 1.165) is 18.8 Å². The maximum atomic E-state index is 12.5.